The summed E-state index contributed by atoms with van der Waals surface area (Å²) in [5.41, 5.74) is 2.09. The third kappa shape index (κ3) is 2.45. The van der Waals surface area contributed by atoms with Gasteiger partial charge in [-0.3, -0.25) is 0 Å². The molecule has 0 saturated carbocycles. The zero-order valence-corrected chi connectivity index (χ0v) is 12.1. The predicted octanol–water partition coefficient (Wildman–Crippen LogP) is 5.39. The maximum absolute atomic E-state index is 3.25. The first-order valence-corrected chi connectivity index (χ1v) is 7.38. The van der Waals surface area contributed by atoms with Crippen LogP contribution in [0.5, 0.6) is 0 Å². The second-order valence-corrected chi connectivity index (χ2v) is 5.38. The number of hydrogen-bond donors (Lipinski definition) is 0. The summed E-state index contributed by atoms with van der Waals surface area (Å²) in [7, 11) is 0. The molecule has 22 heavy (non-hydrogen) atoms. The van der Waals surface area contributed by atoms with Gasteiger partial charge in [-0.15, -0.1) is 0 Å². The van der Waals surface area contributed by atoms with E-state index in [2.05, 4.69) is 66.4 Å². The Morgan fingerprint density at radius 2 is 1.00 bits per heavy atom. The maximum Gasteiger partial charge on any atom is 0.0255 e. The summed E-state index contributed by atoms with van der Waals surface area (Å²) in [4.78, 5) is 0. The Bertz CT molecular complexity index is 1020. The fourth-order valence-corrected chi connectivity index (χ4v) is 2.68. The molecule has 0 aliphatic rings. The molecule has 0 nitrogen and oxygen atoms in total. The molecule has 0 aliphatic carbocycles. The van der Waals surface area contributed by atoms with Crippen molar-refractivity contribution in [3.05, 3.63) is 96.1 Å². The van der Waals surface area contributed by atoms with Gasteiger partial charge in [0.2, 0.25) is 0 Å². The second-order valence-electron chi connectivity index (χ2n) is 5.38. The number of benzene rings is 4. The average molecular weight is 278 g/mol. The van der Waals surface area contributed by atoms with Crippen LogP contribution in [0.25, 0.3) is 21.5 Å². The Morgan fingerprint density at radius 3 is 1.77 bits per heavy atom. The lowest BCUT2D eigenvalue weighted by Crippen LogP contribution is -1.79. The molecule has 0 N–H and O–H groups in total. The third-order valence-electron chi connectivity index (χ3n) is 3.83. The Labute approximate surface area is 130 Å². The molecule has 0 spiro atoms. The van der Waals surface area contributed by atoms with Gasteiger partial charge in [0.05, 0.1) is 0 Å². The minimum atomic E-state index is 1.04. The SMILES string of the molecule is C(#Cc1ccc2cc3ccccc3cc2c1)c1ccccc1. The van der Waals surface area contributed by atoms with Gasteiger partial charge in [0.1, 0.15) is 0 Å². The lowest BCUT2D eigenvalue weighted by atomic mass is 10.0. The number of rotatable bonds is 0. The van der Waals surface area contributed by atoms with Crippen molar-refractivity contribution in [3.8, 4) is 11.8 Å². The zero-order chi connectivity index (χ0) is 14.8. The molecule has 4 rings (SSSR count). The molecular formula is C22H14. The average Bonchev–Trinajstić information content (AvgIpc) is 2.59. The minimum absolute atomic E-state index is 1.04. The van der Waals surface area contributed by atoms with Crippen LogP contribution >= 0.6 is 0 Å². The molecule has 0 bridgehead atoms. The van der Waals surface area contributed by atoms with Crippen LogP contribution in [-0.2, 0) is 0 Å². The summed E-state index contributed by atoms with van der Waals surface area (Å²) in [5.74, 6) is 6.46. The zero-order valence-electron chi connectivity index (χ0n) is 12.1. The van der Waals surface area contributed by atoms with Gasteiger partial charge in [0, 0.05) is 11.1 Å². The highest BCUT2D eigenvalue weighted by molar-refractivity contribution is 5.98. The Hall–Kier alpha value is -3.04. The molecule has 4 aromatic carbocycles. The van der Waals surface area contributed by atoms with Crippen LogP contribution in [-0.4, -0.2) is 0 Å². The molecule has 0 amide bonds. The van der Waals surface area contributed by atoms with Crippen LogP contribution in [0, 0.1) is 11.8 Å². The summed E-state index contributed by atoms with van der Waals surface area (Å²) < 4.78 is 0. The van der Waals surface area contributed by atoms with Gasteiger partial charge in [-0.25, -0.2) is 0 Å². The van der Waals surface area contributed by atoms with E-state index in [1.807, 2.05) is 30.3 Å². The molecule has 102 valence electrons. The van der Waals surface area contributed by atoms with Crippen molar-refractivity contribution in [2.45, 2.75) is 0 Å². The van der Waals surface area contributed by atoms with Crippen molar-refractivity contribution in [1.82, 2.24) is 0 Å². The lowest BCUT2D eigenvalue weighted by molar-refractivity contribution is 1.64. The fourth-order valence-electron chi connectivity index (χ4n) is 2.68. The first-order valence-electron chi connectivity index (χ1n) is 7.38. The van der Waals surface area contributed by atoms with Crippen molar-refractivity contribution in [2.75, 3.05) is 0 Å². The topological polar surface area (TPSA) is 0 Å². The van der Waals surface area contributed by atoms with Gasteiger partial charge in [0.25, 0.3) is 0 Å². The van der Waals surface area contributed by atoms with Crippen LogP contribution in [0.1, 0.15) is 11.1 Å². The Morgan fingerprint density at radius 1 is 0.409 bits per heavy atom. The van der Waals surface area contributed by atoms with Crippen LogP contribution in [0.4, 0.5) is 0 Å². The molecular weight excluding hydrogens is 264 g/mol. The molecule has 4 aromatic rings. The first-order chi connectivity index (χ1) is 10.9. The summed E-state index contributed by atoms with van der Waals surface area (Å²) in [6, 6.07) is 29.4. The molecule has 0 atom stereocenters. The molecule has 0 heteroatoms. The molecule has 0 aliphatic heterocycles. The van der Waals surface area contributed by atoms with E-state index >= 15 is 0 Å². The number of hydrogen-bond acceptors (Lipinski definition) is 0. The van der Waals surface area contributed by atoms with Gasteiger partial charge in [0.15, 0.2) is 0 Å². The largest absolute Gasteiger partial charge is 0.0622 e. The third-order valence-corrected chi connectivity index (χ3v) is 3.83. The fraction of sp³-hybridized carbons (Fsp3) is 0. The van der Waals surface area contributed by atoms with E-state index in [1.165, 1.54) is 21.5 Å². The molecule has 0 aromatic heterocycles. The Balaban J connectivity index is 1.80. The summed E-state index contributed by atoms with van der Waals surface area (Å²) >= 11 is 0. The molecule has 0 heterocycles. The lowest BCUT2D eigenvalue weighted by Gasteiger charge is -2.02. The van der Waals surface area contributed by atoms with Gasteiger partial charge in [-0.1, -0.05) is 60.4 Å². The standard InChI is InChI=1S/C22H14/c1-2-6-17(7-3-1)10-11-18-12-13-21-15-19-8-4-5-9-20(19)16-22(21)14-18/h1-9,12-16H. The maximum atomic E-state index is 3.25. The van der Waals surface area contributed by atoms with Crippen LogP contribution in [0.2, 0.25) is 0 Å². The van der Waals surface area contributed by atoms with Gasteiger partial charge in [-0.2, -0.15) is 0 Å². The molecule has 0 radical (unpaired) electrons. The van der Waals surface area contributed by atoms with Crippen molar-refractivity contribution < 1.29 is 0 Å². The van der Waals surface area contributed by atoms with Crippen LogP contribution in [0.15, 0.2) is 84.9 Å². The van der Waals surface area contributed by atoms with E-state index in [1.54, 1.807) is 0 Å². The normalized spacial score (nSPS) is 10.4. The van der Waals surface area contributed by atoms with E-state index in [9.17, 15) is 0 Å². The highest BCUT2D eigenvalue weighted by atomic mass is 14.0. The predicted molar refractivity (Wildman–Crippen MR) is 93.9 cm³/mol. The van der Waals surface area contributed by atoms with E-state index < -0.39 is 0 Å². The highest BCUT2D eigenvalue weighted by Crippen LogP contribution is 2.23. The first kappa shape index (κ1) is 12.7. The smallest absolute Gasteiger partial charge is 0.0255 e. The van der Waals surface area contributed by atoms with Gasteiger partial charge in [-0.05, 0) is 57.9 Å². The number of fused-ring (bicyclic) bond motifs is 2. The van der Waals surface area contributed by atoms with Crippen molar-refractivity contribution in [3.63, 3.8) is 0 Å². The van der Waals surface area contributed by atoms with Gasteiger partial charge >= 0.3 is 0 Å². The Kier molecular flexibility index (Phi) is 3.11. The molecule has 0 unspecified atom stereocenters. The molecule has 0 saturated heterocycles. The van der Waals surface area contributed by atoms with Crippen LogP contribution in [0.3, 0.4) is 0 Å². The quantitative estimate of drug-likeness (QED) is 0.299. The van der Waals surface area contributed by atoms with E-state index in [4.69, 9.17) is 0 Å². The van der Waals surface area contributed by atoms with Gasteiger partial charge < -0.3 is 0 Å². The molecule has 0 fully saturated rings. The van der Waals surface area contributed by atoms with E-state index in [0.29, 0.717) is 0 Å². The van der Waals surface area contributed by atoms with Crippen molar-refractivity contribution in [1.29, 1.82) is 0 Å². The highest BCUT2D eigenvalue weighted by Gasteiger charge is 1.98. The summed E-state index contributed by atoms with van der Waals surface area (Å²) in [5, 5.41) is 5.03. The van der Waals surface area contributed by atoms with Crippen LogP contribution < -0.4 is 0 Å². The van der Waals surface area contributed by atoms with Crippen molar-refractivity contribution in [2.24, 2.45) is 0 Å². The summed E-state index contributed by atoms with van der Waals surface area (Å²) in [6.07, 6.45) is 0. The monoisotopic (exact) mass is 278 g/mol. The van der Waals surface area contributed by atoms with Crippen molar-refractivity contribution >= 4 is 21.5 Å². The minimum Gasteiger partial charge on any atom is -0.0622 e. The van der Waals surface area contributed by atoms with E-state index in [-0.39, 0.29) is 0 Å². The van der Waals surface area contributed by atoms with E-state index in [0.717, 1.165) is 11.1 Å². The second kappa shape index (κ2) is 5.39. The summed E-state index contributed by atoms with van der Waals surface area (Å²) in [6.45, 7) is 0.